The average molecular weight is 360 g/mol. The highest BCUT2D eigenvalue weighted by Crippen LogP contribution is 2.18. The van der Waals surface area contributed by atoms with Crippen molar-refractivity contribution in [3.8, 4) is 17.1 Å². The van der Waals surface area contributed by atoms with Crippen LogP contribution in [0.5, 0.6) is 0 Å². The Balaban J connectivity index is 1.54. The molecule has 8 heteroatoms. The van der Waals surface area contributed by atoms with E-state index in [2.05, 4.69) is 20.2 Å². The molecule has 0 bridgehead atoms. The molecule has 8 nitrogen and oxygen atoms in total. The summed E-state index contributed by atoms with van der Waals surface area (Å²) in [6.45, 7) is 0.199. The fourth-order valence-corrected chi connectivity index (χ4v) is 2.68. The second kappa shape index (κ2) is 7.20. The second-order valence-corrected chi connectivity index (χ2v) is 5.88. The van der Waals surface area contributed by atoms with Crippen molar-refractivity contribution >= 4 is 5.91 Å². The minimum atomic E-state index is -0.162. The van der Waals surface area contributed by atoms with Crippen LogP contribution in [-0.4, -0.2) is 42.8 Å². The van der Waals surface area contributed by atoms with Crippen LogP contribution in [0.25, 0.3) is 17.1 Å². The Labute approximate surface area is 155 Å². The summed E-state index contributed by atoms with van der Waals surface area (Å²) >= 11 is 0. The van der Waals surface area contributed by atoms with Gasteiger partial charge in [0.1, 0.15) is 0 Å². The minimum Gasteiger partial charge on any atom is -0.337 e. The van der Waals surface area contributed by atoms with E-state index in [1.807, 2.05) is 24.3 Å². The molecule has 0 unspecified atom stereocenters. The Morgan fingerprint density at radius 1 is 1.11 bits per heavy atom. The van der Waals surface area contributed by atoms with E-state index in [1.54, 1.807) is 54.7 Å². The van der Waals surface area contributed by atoms with Gasteiger partial charge in [0, 0.05) is 37.4 Å². The van der Waals surface area contributed by atoms with Gasteiger partial charge in [0.15, 0.2) is 0 Å². The third-order valence-corrected chi connectivity index (χ3v) is 4.01. The number of pyridine rings is 1. The van der Waals surface area contributed by atoms with Crippen molar-refractivity contribution in [1.82, 2.24) is 29.8 Å². The van der Waals surface area contributed by atoms with Crippen LogP contribution in [0.4, 0.5) is 0 Å². The summed E-state index contributed by atoms with van der Waals surface area (Å²) in [4.78, 5) is 22.8. The van der Waals surface area contributed by atoms with Gasteiger partial charge in [-0.1, -0.05) is 17.3 Å². The molecule has 0 aliphatic rings. The lowest BCUT2D eigenvalue weighted by molar-refractivity contribution is 0.0769. The number of rotatable bonds is 5. The molecule has 1 aromatic carbocycles. The zero-order valence-corrected chi connectivity index (χ0v) is 14.6. The van der Waals surface area contributed by atoms with E-state index in [-0.39, 0.29) is 12.5 Å². The Bertz CT molecular complexity index is 1040. The quantitative estimate of drug-likeness (QED) is 0.543. The van der Waals surface area contributed by atoms with E-state index >= 15 is 0 Å². The first kappa shape index (κ1) is 16.6. The molecule has 3 aromatic heterocycles. The Morgan fingerprint density at radius 2 is 1.93 bits per heavy atom. The van der Waals surface area contributed by atoms with Crippen molar-refractivity contribution in [2.24, 2.45) is 0 Å². The predicted octanol–water partition coefficient (Wildman–Crippen LogP) is 2.59. The molecule has 0 N–H and O–H groups in total. The molecule has 0 aliphatic heterocycles. The van der Waals surface area contributed by atoms with E-state index in [0.29, 0.717) is 23.0 Å². The van der Waals surface area contributed by atoms with Crippen LogP contribution < -0.4 is 0 Å². The Kier molecular flexibility index (Phi) is 4.44. The summed E-state index contributed by atoms with van der Waals surface area (Å²) in [6.07, 6.45) is 6.79. The van der Waals surface area contributed by atoms with E-state index in [9.17, 15) is 4.79 Å². The minimum absolute atomic E-state index is 0.162. The average Bonchev–Trinajstić information content (AvgIpc) is 3.40. The van der Waals surface area contributed by atoms with E-state index in [4.69, 9.17) is 4.52 Å². The normalized spacial score (nSPS) is 10.7. The maximum atomic E-state index is 12.9. The first-order chi connectivity index (χ1) is 13.2. The van der Waals surface area contributed by atoms with Gasteiger partial charge in [-0.05, 0) is 30.3 Å². The van der Waals surface area contributed by atoms with Gasteiger partial charge in [-0.25, -0.2) is 4.68 Å². The van der Waals surface area contributed by atoms with E-state index < -0.39 is 0 Å². The molecule has 0 saturated heterocycles. The van der Waals surface area contributed by atoms with Gasteiger partial charge in [0.2, 0.25) is 11.7 Å². The summed E-state index contributed by atoms with van der Waals surface area (Å²) in [5.41, 5.74) is 2.05. The Hall–Kier alpha value is -3.81. The zero-order chi connectivity index (χ0) is 18.6. The van der Waals surface area contributed by atoms with Gasteiger partial charge in [0.05, 0.1) is 17.8 Å². The number of aromatic nitrogens is 5. The lowest BCUT2D eigenvalue weighted by Crippen LogP contribution is -2.27. The molecule has 3 heterocycles. The van der Waals surface area contributed by atoms with Crippen molar-refractivity contribution in [3.63, 3.8) is 0 Å². The SMILES string of the molecule is CN(Cc1nc(-c2ccncc2)no1)C(=O)c1ccccc1-n1cccn1. The van der Waals surface area contributed by atoms with Gasteiger partial charge < -0.3 is 9.42 Å². The van der Waals surface area contributed by atoms with Crippen LogP contribution in [0.3, 0.4) is 0 Å². The number of hydrogen-bond acceptors (Lipinski definition) is 6. The first-order valence-corrected chi connectivity index (χ1v) is 8.30. The molecule has 0 saturated carbocycles. The molecule has 1 amide bonds. The molecule has 0 fully saturated rings. The molecule has 4 rings (SSSR count). The number of carbonyl (C=O) groups excluding carboxylic acids is 1. The number of amides is 1. The summed E-state index contributed by atoms with van der Waals surface area (Å²) in [5, 5.41) is 8.17. The maximum Gasteiger partial charge on any atom is 0.256 e. The van der Waals surface area contributed by atoms with Gasteiger partial charge in [-0.15, -0.1) is 0 Å². The summed E-state index contributed by atoms with van der Waals surface area (Å²) in [6, 6.07) is 12.7. The van der Waals surface area contributed by atoms with Crippen molar-refractivity contribution in [2.45, 2.75) is 6.54 Å². The van der Waals surface area contributed by atoms with Crippen molar-refractivity contribution in [1.29, 1.82) is 0 Å². The van der Waals surface area contributed by atoms with Gasteiger partial charge in [-0.3, -0.25) is 9.78 Å². The summed E-state index contributed by atoms with van der Waals surface area (Å²) < 4.78 is 6.95. The van der Waals surface area contributed by atoms with E-state index in [0.717, 1.165) is 5.56 Å². The number of nitrogens with zero attached hydrogens (tertiary/aromatic N) is 6. The smallest absolute Gasteiger partial charge is 0.256 e. The number of para-hydroxylation sites is 1. The molecule has 0 aliphatic carbocycles. The lowest BCUT2D eigenvalue weighted by atomic mass is 10.1. The maximum absolute atomic E-state index is 12.9. The fraction of sp³-hybridized carbons (Fsp3) is 0.105. The topological polar surface area (TPSA) is 89.9 Å². The molecule has 4 aromatic rings. The third kappa shape index (κ3) is 3.45. The van der Waals surface area contributed by atoms with Crippen LogP contribution in [0.1, 0.15) is 16.2 Å². The van der Waals surface area contributed by atoms with Crippen molar-refractivity contribution in [3.05, 3.63) is 78.7 Å². The molecule has 0 atom stereocenters. The second-order valence-electron chi connectivity index (χ2n) is 5.88. The largest absolute Gasteiger partial charge is 0.337 e. The zero-order valence-electron chi connectivity index (χ0n) is 14.6. The molecular formula is C19H16N6O2. The molecular weight excluding hydrogens is 344 g/mol. The van der Waals surface area contributed by atoms with Crippen LogP contribution >= 0.6 is 0 Å². The standard InChI is InChI=1S/C19H16N6O2/c1-24(13-17-22-18(23-27-17)14-7-10-20-11-8-14)19(26)15-5-2-3-6-16(15)25-12-4-9-21-25/h2-12H,13H2,1H3. The Morgan fingerprint density at radius 3 is 2.70 bits per heavy atom. The highest BCUT2D eigenvalue weighted by Gasteiger charge is 2.19. The number of hydrogen-bond donors (Lipinski definition) is 0. The first-order valence-electron chi connectivity index (χ1n) is 8.30. The van der Waals surface area contributed by atoms with Gasteiger partial charge in [0.25, 0.3) is 5.91 Å². The highest BCUT2D eigenvalue weighted by atomic mass is 16.5. The summed E-state index contributed by atoms with van der Waals surface area (Å²) in [7, 11) is 1.69. The number of benzene rings is 1. The van der Waals surface area contributed by atoms with Crippen LogP contribution in [0.2, 0.25) is 0 Å². The molecule has 134 valence electrons. The third-order valence-electron chi connectivity index (χ3n) is 4.01. The van der Waals surface area contributed by atoms with Gasteiger partial charge in [-0.2, -0.15) is 10.1 Å². The van der Waals surface area contributed by atoms with Crippen molar-refractivity contribution < 1.29 is 9.32 Å². The highest BCUT2D eigenvalue weighted by molar-refractivity contribution is 5.97. The summed E-state index contributed by atoms with van der Waals surface area (Å²) in [5.74, 6) is 0.657. The molecule has 27 heavy (non-hydrogen) atoms. The van der Waals surface area contributed by atoms with Gasteiger partial charge >= 0.3 is 0 Å². The van der Waals surface area contributed by atoms with Crippen LogP contribution in [-0.2, 0) is 6.54 Å². The van der Waals surface area contributed by atoms with E-state index in [1.165, 1.54) is 4.90 Å². The number of carbonyl (C=O) groups is 1. The molecule has 0 radical (unpaired) electrons. The van der Waals surface area contributed by atoms with Crippen LogP contribution in [0.15, 0.2) is 71.8 Å². The monoisotopic (exact) mass is 360 g/mol. The van der Waals surface area contributed by atoms with Crippen molar-refractivity contribution in [2.75, 3.05) is 7.05 Å². The lowest BCUT2D eigenvalue weighted by Gasteiger charge is -2.17. The predicted molar refractivity (Wildman–Crippen MR) is 96.9 cm³/mol. The van der Waals surface area contributed by atoms with Crippen LogP contribution in [0, 0.1) is 0 Å². The fourth-order valence-electron chi connectivity index (χ4n) is 2.68. The molecule has 0 spiro atoms.